The summed E-state index contributed by atoms with van der Waals surface area (Å²) in [5.41, 5.74) is 2.31. The van der Waals surface area contributed by atoms with Crippen molar-refractivity contribution in [2.24, 2.45) is 0 Å². The minimum Gasteiger partial charge on any atom is -0.497 e. The van der Waals surface area contributed by atoms with Crippen LogP contribution in [-0.4, -0.2) is 38.0 Å². The van der Waals surface area contributed by atoms with Gasteiger partial charge < -0.3 is 10.1 Å². The third-order valence-electron chi connectivity index (χ3n) is 4.28. The third-order valence-corrected chi connectivity index (χ3v) is 5.69. The smallest absolute Gasteiger partial charge is 0.278 e. The van der Waals surface area contributed by atoms with E-state index in [9.17, 15) is 4.79 Å². The number of amides is 1. The molecule has 0 saturated carbocycles. The molecule has 2 aromatic heterocycles. The molecular weight excluding hydrogens is 480 g/mol. The fourth-order valence-corrected chi connectivity index (χ4v) is 3.81. The quantitative estimate of drug-likeness (QED) is 0.299. The number of methoxy groups -OCH3 is 1. The molecule has 0 spiro atoms. The van der Waals surface area contributed by atoms with Gasteiger partial charge in [0.25, 0.3) is 5.91 Å². The Morgan fingerprint density at radius 3 is 2.48 bits per heavy atom. The van der Waals surface area contributed by atoms with Gasteiger partial charge in [-0.15, -0.1) is 5.10 Å². The van der Waals surface area contributed by atoms with Crippen LogP contribution >= 0.6 is 27.7 Å². The molecule has 1 amide bonds. The summed E-state index contributed by atoms with van der Waals surface area (Å²) >= 11 is 4.84. The molecule has 0 radical (unpaired) electrons. The van der Waals surface area contributed by atoms with Crippen LogP contribution in [0.1, 0.15) is 16.2 Å². The second-order valence-corrected chi connectivity index (χ2v) is 8.13. The predicted molar refractivity (Wildman–Crippen MR) is 122 cm³/mol. The van der Waals surface area contributed by atoms with Gasteiger partial charge in [-0.1, -0.05) is 32.9 Å². The number of carbonyl (C=O) groups is 1. The number of carbonyl (C=O) groups excluding carboxylic acids is 1. The third kappa shape index (κ3) is 5.09. The monoisotopic (exact) mass is 496 g/mol. The summed E-state index contributed by atoms with van der Waals surface area (Å²) in [5.74, 6) is 0.774. The van der Waals surface area contributed by atoms with Gasteiger partial charge in [-0.25, -0.2) is 14.6 Å². The Balaban J connectivity index is 1.63. The van der Waals surface area contributed by atoms with Crippen molar-refractivity contribution in [2.75, 3.05) is 12.4 Å². The Morgan fingerprint density at radius 2 is 1.81 bits per heavy atom. The fraction of sp³-hybridized carbons (Fsp3) is 0.0952. The van der Waals surface area contributed by atoms with Crippen LogP contribution < -0.4 is 10.1 Å². The molecule has 0 aliphatic heterocycles. The molecule has 4 rings (SSSR count). The second-order valence-electron chi connectivity index (χ2n) is 6.28. The summed E-state index contributed by atoms with van der Waals surface area (Å²) in [6.45, 7) is 0. The molecule has 2 heterocycles. The molecule has 0 atom stereocenters. The molecule has 0 bridgehead atoms. The first-order valence-corrected chi connectivity index (χ1v) is 11.0. The van der Waals surface area contributed by atoms with Crippen molar-refractivity contribution >= 4 is 39.3 Å². The number of hydrogen-bond donors (Lipinski definition) is 1. The number of benzene rings is 2. The lowest BCUT2D eigenvalue weighted by molar-refractivity contribution is 0.102. The predicted octanol–water partition coefficient (Wildman–Crippen LogP) is 4.37. The maximum atomic E-state index is 13.0. The Hall–Kier alpha value is -3.24. The van der Waals surface area contributed by atoms with Crippen LogP contribution in [0.3, 0.4) is 0 Å². The number of hydrogen-bond acceptors (Lipinski definition) is 7. The van der Waals surface area contributed by atoms with Crippen LogP contribution in [0.5, 0.6) is 5.75 Å². The van der Waals surface area contributed by atoms with Gasteiger partial charge in [0.1, 0.15) is 5.75 Å². The van der Waals surface area contributed by atoms with E-state index in [1.54, 1.807) is 54.5 Å². The van der Waals surface area contributed by atoms with Gasteiger partial charge in [0.2, 0.25) is 0 Å². The van der Waals surface area contributed by atoms with Crippen molar-refractivity contribution in [3.63, 3.8) is 0 Å². The number of ether oxygens (including phenoxy) is 1. The molecule has 4 aromatic rings. The van der Waals surface area contributed by atoms with E-state index in [4.69, 9.17) is 4.74 Å². The first-order valence-electron chi connectivity index (χ1n) is 9.20. The topological polar surface area (TPSA) is 94.8 Å². The van der Waals surface area contributed by atoms with Gasteiger partial charge in [0, 0.05) is 28.3 Å². The minimum absolute atomic E-state index is 0.238. The summed E-state index contributed by atoms with van der Waals surface area (Å²) in [6, 6.07) is 16.5. The molecule has 0 aliphatic carbocycles. The Morgan fingerprint density at radius 1 is 1.10 bits per heavy atom. The zero-order valence-electron chi connectivity index (χ0n) is 16.4. The van der Waals surface area contributed by atoms with E-state index in [1.807, 2.05) is 24.3 Å². The number of nitrogens with zero attached hydrogens (tertiary/aromatic N) is 5. The first kappa shape index (κ1) is 21.0. The average Bonchev–Trinajstić information content (AvgIpc) is 3.23. The van der Waals surface area contributed by atoms with Crippen molar-refractivity contribution < 1.29 is 9.53 Å². The van der Waals surface area contributed by atoms with Crippen molar-refractivity contribution in [3.8, 4) is 11.4 Å². The number of thioether (sulfide) groups is 1. The highest BCUT2D eigenvalue weighted by Gasteiger charge is 2.21. The maximum Gasteiger partial charge on any atom is 0.278 e. The Kier molecular flexibility index (Phi) is 6.58. The zero-order chi connectivity index (χ0) is 21.6. The summed E-state index contributed by atoms with van der Waals surface area (Å²) in [4.78, 5) is 21.5. The lowest BCUT2D eigenvalue weighted by Crippen LogP contribution is -2.15. The van der Waals surface area contributed by atoms with Crippen LogP contribution in [0.25, 0.3) is 5.69 Å². The van der Waals surface area contributed by atoms with Crippen LogP contribution in [0.4, 0.5) is 5.69 Å². The van der Waals surface area contributed by atoms with Crippen molar-refractivity contribution in [3.05, 3.63) is 82.9 Å². The first-order chi connectivity index (χ1) is 15.1. The van der Waals surface area contributed by atoms with E-state index in [0.29, 0.717) is 28.0 Å². The lowest BCUT2D eigenvalue weighted by atomic mass is 10.2. The SMILES string of the molecule is COc1ccc(NC(=O)c2nnn(-c3ccc(Br)cc3)c2CSc2ncccn2)cc1. The normalized spacial score (nSPS) is 10.6. The van der Waals surface area contributed by atoms with Crippen LogP contribution in [0, 0.1) is 0 Å². The maximum absolute atomic E-state index is 13.0. The summed E-state index contributed by atoms with van der Waals surface area (Å²) in [6.07, 6.45) is 3.35. The second kappa shape index (κ2) is 9.71. The highest BCUT2D eigenvalue weighted by atomic mass is 79.9. The summed E-state index contributed by atoms with van der Waals surface area (Å²) in [5, 5.41) is 11.9. The van der Waals surface area contributed by atoms with Gasteiger partial charge in [0.05, 0.1) is 18.5 Å². The van der Waals surface area contributed by atoms with E-state index in [1.165, 1.54) is 11.8 Å². The fourth-order valence-electron chi connectivity index (χ4n) is 2.75. The number of halogens is 1. The number of nitrogens with one attached hydrogen (secondary N) is 1. The van der Waals surface area contributed by atoms with E-state index >= 15 is 0 Å². The van der Waals surface area contributed by atoms with Crippen molar-refractivity contribution in [2.45, 2.75) is 10.9 Å². The van der Waals surface area contributed by atoms with Gasteiger partial charge in [-0.05, 0) is 54.6 Å². The van der Waals surface area contributed by atoms with Gasteiger partial charge in [-0.2, -0.15) is 0 Å². The standard InChI is InChI=1S/C21H17BrN6O2S/c1-30-17-9-5-15(6-10-17)25-20(29)19-18(13-31-21-23-11-2-12-24-21)28(27-26-19)16-7-3-14(22)4-8-16/h2-12H,13H2,1H3,(H,25,29). The van der Waals surface area contributed by atoms with Crippen LogP contribution in [0.2, 0.25) is 0 Å². The number of anilines is 1. The van der Waals surface area contributed by atoms with E-state index in [0.717, 1.165) is 10.2 Å². The zero-order valence-corrected chi connectivity index (χ0v) is 18.8. The van der Waals surface area contributed by atoms with E-state index in [-0.39, 0.29) is 11.6 Å². The molecule has 1 N–H and O–H groups in total. The average molecular weight is 497 g/mol. The Labute approximate surface area is 191 Å². The molecule has 31 heavy (non-hydrogen) atoms. The van der Waals surface area contributed by atoms with Gasteiger partial charge >= 0.3 is 0 Å². The summed E-state index contributed by atoms with van der Waals surface area (Å²) < 4.78 is 7.76. The lowest BCUT2D eigenvalue weighted by Gasteiger charge is -2.09. The van der Waals surface area contributed by atoms with E-state index < -0.39 is 0 Å². The molecule has 156 valence electrons. The van der Waals surface area contributed by atoms with Gasteiger partial charge in [0.15, 0.2) is 10.9 Å². The molecule has 0 aliphatic rings. The number of aromatic nitrogens is 5. The molecule has 2 aromatic carbocycles. The Bertz CT molecular complexity index is 1170. The molecule has 0 fully saturated rings. The molecule has 10 heteroatoms. The summed E-state index contributed by atoms with van der Waals surface area (Å²) in [7, 11) is 1.59. The number of rotatable bonds is 7. The molecular formula is C21H17BrN6O2S. The van der Waals surface area contributed by atoms with Crippen molar-refractivity contribution in [1.29, 1.82) is 0 Å². The van der Waals surface area contributed by atoms with Crippen molar-refractivity contribution in [1.82, 2.24) is 25.0 Å². The molecule has 0 saturated heterocycles. The largest absolute Gasteiger partial charge is 0.497 e. The highest BCUT2D eigenvalue weighted by Crippen LogP contribution is 2.24. The van der Waals surface area contributed by atoms with Crippen LogP contribution in [0.15, 0.2) is 76.6 Å². The van der Waals surface area contributed by atoms with E-state index in [2.05, 4.69) is 41.5 Å². The molecule has 0 unspecified atom stereocenters. The van der Waals surface area contributed by atoms with Crippen LogP contribution in [-0.2, 0) is 5.75 Å². The minimum atomic E-state index is -0.349. The molecule has 8 nitrogen and oxygen atoms in total. The highest BCUT2D eigenvalue weighted by molar-refractivity contribution is 9.10. The van der Waals surface area contributed by atoms with Gasteiger partial charge in [-0.3, -0.25) is 4.79 Å².